The smallest absolute Gasteiger partial charge is 0.337 e. The predicted octanol–water partition coefficient (Wildman–Crippen LogP) is 3.77. The van der Waals surface area contributed by atoms with E-state index in [1.54, 1.807) is 12.1 Å². The summed E-state index contributed by atoms with van der Waals surface area (Å²) in [7, 11) is 0. The molecule has 1 N–H and O–H groups in total. The molecule has 0 bridgehead atoms. The molecule has 3 nitrogen and oxygen atoms in total. The zero-order valence-corrected chi connectivity index (χ0v) is 12.1. The van der Waals surface area contributed by atoms with E-state index < -0.39 is 5.97 Å². The molecular weight excluding hydrogens is 294 g/mol. The topological polar surface area (TPSA) is 40.5 Å². The van der Waals surface area contributed by atoms with E-state index in [0.29, 0.717) is 5.56 Å². The highest BCUT2D eigenvalue weighted by atomic mass is 79.9. The third kappa shape index (κ3) is 3.05. The number of benzene rings is 1. The number of carboxylic acids is 1. The van der Waals surface area contributed by atoms with Gasteiger partial charge >= 0.3 is 5.97 Å². The van der Waals surface area contributed by atoms with Gasteiger partial charge in [0.2, 0.25) is 0 Å². The first kappa shape index (κ1) is 13.4. The van der Waals surface area contributed by atoms with Crippen LogP contribution < -0.4 is 4.90 Å². The Kier molecular flexibility index (Phi) is 4.27. The maximum Gasteiger partial charge on any atom is 0.337 e. The Morgan fingerprint density at radius 2 is 2.17 bits per heavy atom. The molecule has 0 aliphatic carbocycles. The molecule has 0 radical (unpaired) electrons. The fraction of sp³-hybridized carbons (Fsp3) is 0.500. The highest BCUT2D eigenvalue weighted by Crippen LogP contribution is 2.28. The van der Waals surface area contributed by atoms with Crippen molar-refractivity contribution in [3.63, 3.8) is 0 Å². The summed E-state index contributed by atoms with van der Waals surface area (Å²) in [6, 6.07) is 5.38. The van der Waals surface area contributed by atoms with Gasteiger partial charge in [-0.05, 0) is 43.4 Å². The van der Waals surface area contributed by atoms with Gasteiger partial charge in [0.15, 0.2) is 0 Å². The lowest BCUT2D eigenvalue weighted by molar-refractivity contribution is 0.0697. The molecule has 1 fully saturated rings. The maximum atomic E-state index is 11.3. The Bertz CT molecular complexity index is 447. The average Bonchev–Trinajstić information content (AvgIpc) is 2.53. The third-order valence-electron chi connectivity index (χ3n) is 3.55. The maximum absolute atomic E-state index is 11.3. The number of halogens is 1. The van der Waals surface area contributed by atoms with Crippen LogP contribution in [0.25, 0.3) is 0 Å². The van der Waals surface area contributed by atoms with Crippen molar-refractivity contribution in [2.45, 2.75) is 26.2 Å². The number of hydrogen-bond acceptors (Lipinski definition) is 2. The average molecular weight is 312 g/mol. The van der Waals surface area contributed by atoms with Gasteiger partial charge in [0.1, 0.15) is 0 Å². The third-order valence-corrected chi connectivity index (χ3v) is 4.04. The molecule has 1 aromatic carbocycles. The molecule has 0 saturated carbocycles. The lowest BCUT2D eigenvalue weighted by Gasteiger charge is -2.24. The molecule has 98 valence electrons. The fourth-order valence-corrected chi connectivity index (χ4v) is 2.80. The number of carbonyl (C=O) groups is 1. The van der Waals surface area contributed by atoms with Gasteiger partial charge in [0, 0.05) is 17.6 Å². The number of hydrogen-bond donors (Lipinski definition) is 1. The van der Waals surface area contributed by atoms with Crippen LogP contribution in [0.2, 0.25) is 0 Å². The van der Waals surface area contributed by atoms with Crippen molar-refractivity contribution in [1.82, 2.24) is 0 Å². The van der Waals surface area contributed by atoms with Gasteiger partial charge in [-0.15, -0.1) is 0 Å². The van der Waals surface area contributed by atoms with Crippen LogP contribution in [-0.2, 0) is 0 Å². The minimum absolute atomic E-state index is 0.396. The molecule has 1 heterocycles. The zero-order valence-electron chi connectivity index (χ0n) is 10.5. The van der Waals surface area contributed by atoms with Crippen molar-refractivity contribution in [2.75, 3.05) is 18.0 Å². The van der Waals surface area contributed by atoms with E-state index in [-0.39, 0.29) is 0 Å². The summed E-state index contributed by atoms with van der Waals surface area (Å²) in [5.74, 6) is -0.120. The van der Waals surface area contributed by atoms with Crippen molar-refractivity contribution in [2.24, 2.45) is 5.92 Å². The monoisotopic (exact) mass is 311 g/mol. The number of nitrogens with zero attached hydrogens (tertiary/aromatic N) is 1. The van der Waals surface area contributed by atoms with Crippen molar-refractivity contribution in [3.8, 4) is 0 Å². The van der Waals surface area contributed by atoms with Crippen molar-refractivity contribution < 1.29 is 9.90 Å². The summed E-state index contributed by atoms with van der Waals surface area (Å²) in [6.07, 6.45) is 3.49. The van der Waals surface area contributed by atoms with Crippen molar-refractivity contribution >= 4 is 27.6 Å². The summed E-state index contributed by atoms with van der Waals surface area (Å²) in [5.41, 5.74) is 1.23. The van der Waals surface area contributed by atoms with Gasteiger partial charge in [-0.2, -0.15) is 0 Å². The van der Waals surface area contributed by atoms with Gasteiger partial charge in [-0.1, -0.05) is 22.9 Å². The summed E-state index contributed by atoms with van der Waals surface area (Å²) < 4.78 is 0.930. The Hall–Kier alpha value is -1.03. The Balaban J connectivity index is 2.30. The number of carboxylic acid groups (broad SMARTS) is 1. The SMILES string of the molecule is CC1CCCN(c2cc(Br)ccc2C(=O)O)CC1. The Morgan fingerprint density at radius 3 is 2.89 bits per heavy atom. The van der Waals surface area contributed by atoms with Crippen LogP contribution in [0.5, 0.6) is 0 Å². The van der Waals surface area contributed by atoms with Gasteiger partial charge in [0.25, 0.3) is 0 Å². The van der Waals surface area contributed by atoms with E-state index in [0.717, 1.165) is 42.0 Å². The summed E-state index contributed by atoms with van der Waals surface area (Å²) in [5, 5.41) is 9.27. The molecular formula is C14H18BrNO2. The molecule has 0 spiro atoms. The van der Waals surface area contributed by atoms with E-state index in [1.807, 2.05) is 6.07 Å². The van der Waals surface area contributed by atoms with Crippen LogP contribution in [-0.4, -0.2) is 24.2 Å². The van der Waals surface area contributed by atoms with Gasteiger partial charge < -0.3 is 10.0 Å². The second kappa shape index (κ2) is 5.74. The first-order valence-electron chi connectivity index (χ1n) is 6.35. The van der Waals surface area contributed by atoms with Gasteiger partial charge in [-0.25, -0.2) is 4.79 Å². The highest BCUT2D eigenvalue weighted by molar-refractivity contribution is 9.10. The Morgan fingerprint density at radius 1 is 1.39 bits per heavy atom. The van der Waals surface area contributed by atoms with E-state index in [1.165, 1.54) is 6.42 Å². The number of aromatic carboxylic acids is 1. The van der Waals surface area contributed by atoms with Crippen LogP contribution >= 0.6 is 15.9 Å². The second-order valence-electron chi connectivity index (χ2n) is 4.99. The largest absolute Gasteiger partial charge is 0.478 e. The molecule has 2 rings (SSSR count). The molecule has 1 saturated heterocycles. The molecule has 1 aromatic rings. The molecule has 1 aliphatic rings. The normalized spacial score (nSPS) is 20.6. The van der Waals surface area contributed by atoms with Crippen molar-refractivity contribution in [1.29, 1.82) is 0 Å². The number of rotatable bonds is 2. The molecule has 1 unspecified atom stereocenters. The van der Waals surface area contributed by atoms with E-state index in [4.69, 9.17) is 0 Å². The minimum atomic E-state index is -0.852. The lowest BCUT2D eigenvalue weighted by atomic mass is 10.0. The molecule has 4 heteroatoms. The highest BCUT2D eigenvalue weighted by Gasteiger charge is 2.19. The summed E-state index contributed by atoms with van der Waals surface area (Å²) in [6.45, 7) is 4.15. The first-order valence-corrected chi connectivity index (χ1v) is 7.15. The van der Waals surface area contributed by atoms with Crippen LogP contribution in [0.15, 0.2) is 22.7 Å². The molecule has 0 aromatic heterocycles. The van der Waals surface area contributed by atoms with E-state index >= 15 is 0 Å². The van der Waals surface area contributed by atoms with Gasteiger partial charge in [-0.3, -0.25) is 0 Å². The first-order chi connectivity index (χ1) is 8.58. The Labute approximate surface area is 116 Å². The molecule has 0 amide bonds. The quantitative estimate of drug-likeness (QED) is 0.903. The summed E-state index contributed by atoms with van der Waals surface area (Å²) >= 11 is 3.42. The zero-order chi connectivity index (χ0) is 13.1. The van der Waals surface area contributed by atoms with Crippen LogP contribution in [0.4, 0.5) is 5.69 Å². The van der Waals surface area contributed by atoms with Crippen molar-refractivity contribution in [3.05, 3.63) is 28.2 Å². The lowest BCUT2D eigenvalue weighted by Crippen LogP contribution is -2.26. The van der Waals surface area contributed by atoms with E-state index in [2.05, 4.69) is 27.8 Å². The molecule has 1 aliphatic heterocycles. The van der Waals surface area contributed by atoms with Crippen LogP contribution in [0.3, 0.4) is 0 Å². The predicted molar refractivity (Wildman–Crippen MR) is 76.3 cm³/mol. The van der Waals surface area contributed by atoms with Gasteiger partial charge in [0.05, 0.1) is 11.3 Å². The fourth-order valence-electron chi connectivity index (χ4n) is 2.45. The van der Waals surface area contributed by atoms with Crippen LogP contribution in [0.1, 0.15) is 36.5 Å². The minimum Gasteiger partial charge on any atom is -0.478 e. The molecule has 18 heavy (non-hydrogen) atoms. The van der Waals surface area contributed by atoms with E-state index in [9.17, 15) is 9.90 Å². The second-order valence-corrected chi connectivity index (χ2v) is 5.91. The standard InChI is InChI=1S/C14H18BrNO2/c1-10-3-2-7-16(8-6-10)13-9-11(15)4-5-12(13)14(17)18/h4-5,9-10H,2-3,6-8H2,1H3,(H,17,18). The molecule has 1 atom stereocenters. The number of anilines is 1. The van der Waals surface area contributed by atoms with Crippen LogP contribution in [0, 0.1) is 5.92 Å². The summed E-state index contributed by atoms with van der Waals surface area (Å²) in [4.78, 5) is 13.5.